The smallest absolute Gasteiger partial charge is 0.276 e. The zero-order chi connectivity index (χ0) is 13.1. The highest BCUT2D eigenvalue weighted by Crippen LogP contribution is 2.21. The molecule has 0 spiro atoms. The Bertz CT molecular complexity index is 537. The number of aromatic nitrogens is 1. The van der Waals surface area contributed by atoms with Crippen molar-refractivity contribution >= 4 is 11.6 Å². The van der Waals surface area contributed by atoms with Crippen LogP contribution in [0, 0.1) is 0 Å². The van der Waals surface area contributed by atoms with Gasteiger partial charge in [-0.15, -0.1) is 0 Å². The predicted octanol–water partition coefficient (Wildman–Crippen LogP) is 2.09. The van der Waals surface area contributed by atoms with Crippen LogP contribution in [0.5, 0.6) is 0 Å². The first-order valence-corrected chi connectivity index (χ1v) is 5.62. The topological polar surface area (TPSA) is 72.4 Å². The van der Waals surface area contributed by atoms with Crippen LogP contribution in [0.4, 0.5) is 5.69 Å². The number of benzene rings is 1. The maximum absolute atomic E-state index is 12.1. The van der Waals surface area contributed by atoms with Crippen molar-refractivity contribution in [2.75, 3.05) is 12.8 Å². The average molecular weight is 245 g/mol. The fourth-order valence-electron chi connectivity index (χ4n) is 1.72. The number of hydrogen-bond acceptors (Lipinski definition) is 4. The van der Waals surface area contributed by atoms with E-state index in [1.807, 2.05) is 31.2 Å². The molecule has 0 saturated carbocycles. The molecule has 0 aliphatic heterocycles. The molecular formula is C13H15N3O2. The molecule has 0 fully saturated rings. The van der Waals surface area contributed by atoms with Crippen LogP contribution < -0.4 is 5.73 Å². The number of anilines is 1. The van der Waals surface area contributed by atoms with Gasteiger partial charge in [0.1, 0.15) is 6.26 Å². The van der Waals surface area contributed by atoms with Crippen molar-refractivity contribution in [3.63, 3.8) is 0 Å². The van der Waals surface area contributed by atoms with Crippen LogP contribution in [0.2, 0.25) is 0 Å². The summed E-state index contributed by atoms with van der Waals surface area (Å²) in [5, 5.41) is 3.64. The third kappa shape index (κ3) is 2.34. The van der Waals surface area contributed by atoms with Crippen LogP contribution in [0.25, 0.3) is 0 Å². The number of hydrogen-bond donors (Lipinski definition) is 1. The lowest BCUT2D eigenvalue weighted by molar-refractivity contribution is 0.0732. The Hall–Kier alpha value is -2.30. The molecule has 2 aromatic rings. The van der Waals surface area contributed by atoms with Crippen molar-refractivity contribution in [3.8, 4) is 0 Å². The van der Waals surface area contributed by atoms with Crippen molar-refractivity contribution < 1.29 is 9.32 Å². The van der Waals surface area contributed by atoms with Crippen LogP contribution in [0.3, 0.4) is 0 Å². The van der Waals surface area contributed by atoms with Crippen LogP contribution >= 0.6 is 0 Å². The third-order valence-corrected chi connectivity index (χ3v) is 2.95. The second-order valence-corrected chi connectivity index (χ2v) is 4.15. The zero-order valence-electron chi connectivity index (χ0n) is 10.3. The highest BCUT2D eigenvalue weighted by Gasteiger charge is 2.20. The second-order valence-electron chi connectivity index (χ2n) is 4.15. The number of rotatable bonds is 3. The molecule has 18 heavy (non-hydrogen) atoms. The molecule has 1 aromatic carbocycles. The molecule has 0 saturated heterocycles. The van der Waals surface area contributed by atoms with E-state index < -0.39 is 0 Å². The standard InChI is InChI=1S/C13H15N3O2/c1-9(10-4-3-5-11(14)8-10)16(2)13(17)12-6-7-18-15-12/h3-9H,14H2,1-2H3. The number of carbonyl (C=O) groups excluding carboxylic acids is 1. The summed E-state index contributed by atoms with van der Waals surface area (Å²) in [6.45, 7) is 1.94. The van der Waals surface area contributed by atoms with Gasteiger partial charge in [-0.25, -0.2) is 0 Å². The molecule has 1 atom stereocenters. The maximum atomic E-state index is 12.1. The van der Waals surface area contributed by atoms with E-state index in [0.717, 1.165) is 5.56 Å². The van der Waals surface area contributed by atoms with E-state index in [9.17, 15) is 4.79 Å². The summed E-state index contributed by atoms with van der Waals surface area (Å²) < 4.78 is 4.67. The van der Waals surface area contributed by atoms with Gasteiger partial charge in [0.15, 0.2) is 5.69 Å². The summed E-state index contributed by atoms with van der Waals surface area (Å²) in [4.78, 5) is 13.7. The zero-order valence-corrected chi connectivity index (χ0v) is 10.3. The summed E-state index contributed by atoms with van der Waals surface area (Å²) >= 11 is 0. The Morgan fingerprint density at radius 2 is 2.22 bits per heavy atom. The Kier molecular flexibility index (Phi) is 3.32. The molecule has 5 nitrogen and oxygen atoms in total. The largest absolute Gasteiger partial charge is 0.399 e. The number of amides is 1. The van der Waals surface area contributed by atoms with Crippen molar-refractivity contribution in [1.82, 2.24) is 10.1 Å². The van der Waals surface area contributed by atoms with Gasteiger partial charge in [-0.2, -0.15) is 0 Å². The second kappa shape index (κ2) is 4.91. The Morgan fingerprint density at radius 1 is 1.44 bits per heavy atom. The van der Waals surface area contributed by atoms with Gasteiger partial charge in [-0.05, 0) is 24.6 Å². The molecule has 0 bridgehead atoms. The minimum absolute atomic E-state index is 0.0855. The van der Waals surface area contributed by atoms with Crippen LogP contribution in [-0.2, 0) is 0 Å². The van der Waals surface area contributed by atoms with Gasteiger partial charge in [0.25, 0.3) is 5.91 Å². The molecule has 0 aliphatic rings. The van der Waals surface area contributed by atoms with Gasteiger partial charge in [-0.1, -0.05) is 17.3 Å². The first-order valence-electron chi connectivity index (χ1n) is 5.62. The summed E-state index contributed by atoms with van der Waals surface area (Å²) in [6.07, 6.45) is 1.38. The molecule has 1 amide bonds. The van der Waals surface area contributed by atoms with Crippen LogP contribution in [0.15, 0.2) is 41.1 Å². The van der Waals surface area contributed by atoms with E-state index in [1.165, 1.54) is 6.26 Å². The SMILES string of the molecule is CC(c1cccc(N)c1)N(C)C(=O)c1ccon1. The Labute approximate surface area is 105 Å². The van der Waals surface area contributed by atoms with E-state index in [-0.39, 0.29) is 11.9 Å². The first-order chi connectivity index (χ1) is 8.59. The molecule has 0 radical (unpaired) electrons. The molecule has 5 heteroatoms. The molecule has 1 aromatic heterocycles. The molecule has 2 N–H and O–H groups in total. The van der Waals surface area contributed by atoms with Crippen molar-refractivity contribution in [3.05, 3.63) is 47.9 Å². The lowest BCUT2D eigenvalue weighted by Gasteiger charge is -2.24. The summed E-state index contributed by atoms with van der Waals surface area (Å²) in [7, 11) is 1.73. The molecule has 2 rings (SSSR count). The van der Waals surface area contributed by atoms with Gasteiger partial charge in [0.05, 0.1) is 6.04 Å². The van der Waals surface area contributed by atoms with Gasteiger partial charge in [0, 0.05) is 18.8 Å². The van der Waals surface area contributed by atoms with Crippen molar-refractivity contribution in [2.45, 2.75) is 13.0 Å². The quantitative estimate of drug-likeness (QED) is 0.840. The highest BCUT2D eigenvalue weighted by atomic mass is 16.5. The molecule has 1 unspecified atom stereocenters. The number of carbonyl (C=O) groups is 1. The van der Waals surface area contributed by atoms with Crippen LogP contribution in [-0.4, -0.2) is 23.0 Å². The normalized spacial score (nSPS) is 12.1. The number of nitrogens with two attached hydrogens (primary N) is 1. The van der Waals surface area contributed by atoms with E-state index in [2.05, 4.69) is 9.68 Å². The highest BCUT2D eigenvalue weighted by molar-refractivity contribution is 5.92. The molecule has 1 heterocycles. The summed E-state index contributed by atoms with van der Waals surface area (Å²) in [6, 6.07) is 8.94. The van der Waals surface area contributed by atoms with E-state index >= 15 is 0 Å². The number of nitrogen functional groups attached to an aromatic ring is 1. The predicted molar refractivity (Wildman–Crippen MR) is 67.9 cm³/mol. The third-order valence-electron chi connectivity index (χ3n) is 2.95. The van der Waals surface area contributed by atoms with Crippen LogP contribution in [0.1, 0.15) is 29.0 Å². The lowest BCUT2D eigenvalue weighted by atomic mass is 10.1. The van der Waals surface area contributed by atoms with E-state index in [1.54, 1.807) is 18.0 Å². The van der Waals surface area contributed by atoms with Gasteiger partial charge in [-0.3, -0.25) is 4.79 Å². The average Bonchev–Trinajstić information content (AvgIpc) is 2.90. The van der Waals surface area contributed by atoms with Gasteiger partial charge >= 0.3 is 0 Å². The minimum atomic E-state index is -0.182. The monoisotopic (exact) mass is 245 g/mol. The maximum Gasteiger partial charge on any atom is 0.276 e. The molecule has 94 valence electrons. The fraction of sp³-hybridized carbons (Fsp3) is 0.231. The Morgan fingerprint density at radius 3 is 2.83 bits per heavy atom. The van der Waals surface area contributed by atoms with E-state index in [4.69, 9.17) is 5.73 Å². The minimum Gasteiger partial charge on any atom is -0.399 e. The van der Waals surface area contributed by atoms with Gasteiger partial charge in [0.2, 0.25) is 0 Å². The first kappa shape index (κ1) is 12.2. The summed E-state index contributed by atoms with van der Waals surface area (Å²) in [5.41, 5.74) is 7.70. The van der Waals surface area contributed by atoms with Crippen molar-refractivity contribution in [2.24, 2.45) is 0 Å². The molecular weight excluding hydrogens is 230 g/mol. The summed E-state index contributed by atoms with van der Waals surface area (Å²) in [5.74, 6) is -0.182. The van der Waals surface area contributed by atoms with Gasteiger partial charge < -0.3 is 15.2 Å². The molecule has 0 aliphatic carbocycles. The fourth-order valence-corrected chi connectivity index (χ4v) is 1.72. The van der Waals surface area contributed by atoms with E-state index in [0.29, 0.717) is 11.4 Å². The Balaban J connectivity index is 2.18. The number of nitrogens with zero attached hydrogens (tertiary/aromatic N) is 2. The lowest BCUT2D eigenvalue weighted by Crippen LogP contribution is -2.29. The van der Waals surface area contributed by atoms with Crippen molar-refractivity contribution in [1.29, 1.82) is 0 Å².